The van der Waals surface area contributed by atoms with Crippen LogP contribution in [0.1, 0.15) is 0 Å². The van der Waals surface area contributed by atoms with Crippen molar-refractivity contribution in [2.75, 3.05) is 0 Å². The first kappa shape index (κ1) is 30.1. The van der Waals surface area contributed by atoms with Crippen LogP contribution in [-0.2, 0) is 26.6 Å². The zero-order valence-electron chi connectivity index (χ0n) is 22.1. The van der Waals surface area contributed by atoms with Crippen molar-refractivity contribution in [3.8, 4) is 0 Å². The lowest BCUT2D eigenvalue weighted by molar-refractivity contribution is 0.609. The van der Waals surface area contributed by atoms with E-state index in [0.717, 1.165) is 16.2 Å². The summed E-state index contributed by atoms with van der Waals surface area (Å²) in [6, 6.07) is 35.5. The summed E-state index contributed by atoms with van der Waals surface area (Å²) in [4.78, 5) is -0.143. The van der Waals surface area contributed by atoms with Gasteiger partial charge in [-0.25, -0.2) is 25.3 Å². The van der Waals surface area contributed by atoms with Crippen molar-refractivity contribution in [3.63, 3.8) is 0 Å². The van der Waals surface area contributed by atoms with E-state index in [0.29, 0.717) is 48.1 Å². The van der Waals surface area contributed by atoms with E-state index in [4.69, 9.17) is 0 Å². The number of hydrogen-bond acceptors (Lipinski definition) is 9. The van der Waals surface area contributed by atoms with Gasteiger partial charge in [-0.1, -0.05) is 91.0 Å². The third-order valence-corrected chi connectivity index (χ3v) is 20.0. The Kier molecular flexibility index (Phi) is 8.31. The molecule has 0 saturated carbocycles. The summed E-state index contributed by atoms with van der Waals surface area (Å²) < 4.78 is 80.3. The zero-order chi connectivity index (χ0) is 30.2. The van der Waals surface area contributed by atoms with Crippen LogP contribution in [-0.4, -0.2) is 29.8 Å². The van der Waals surface area contributed by atoms with Gasteiger partial charge in [-0.3, -0.25) is 0 Å². The van der Waals surface area contributed by atoms with Crippen molar-refractivity contribution in [1.29, 1.82) is 0 Å². The topological polar surface area (TPSA) is 102 Å². The number of benzene rings is 6. The van der Waals surface area contributed by atoms with Gasteiger partial charge in [0.1, 0.15) is 0 Å². The van der Waals surface area contributed by atoms with Crippen LogP contribution in [0.15, 0.2) is 142 Å². The van der Waals surface area contributed by atoms with E-state index in [1.807, 2.05) is 36.4 Å². The van der Waals surface area contributed by atoms with Crippen molar-refractivity contribution < 1.29 is 25.3 Å². The minimum absolute atomic E-state index is 0.0476. The average molecular weight is 681 g/mol. The van der Waals surface area contributed by atoms with Crippen LogP contribution in [0.4, 0.5) is 0 Å². The summed E-state index contributed by atoms with van der Waals surface area (Å²) in [5, 5.41) is 4.58. The molecule has 0 heterocycles. The summed E-state index contributed by atoms with van der Waals surface area (Å²) in [7, 11) is -11.7. The third-order valence-electron chi connectivity index (χ3n) is 6.64. The molecule has 0 radical (unpaired) electrons. The Morgan fingerprint density at radius 2 is 0.605 bits per heavy atom. The van der Waals surface area contributed by atoms with Gasteiger partial charge in [0.25, 0.3) is 0 Å². The first-order valence-corrected chi connectivity index (χ1v) is 21.4. The lowest BCUT2D eigenvalue weighted by atomic mass is 10.1. The van der Waals surface area contributed by atoms with Crippen molar-refractivity contribution in [2.24, 2.45) is 0 Å². The van der Waals surface area contributed by atoms with Crippen LogP contribution >= 0.6 is 31.9 Å². The Bertz CT molecular complexity index is 2080. The zero-order valence-corrected chi connectivity index (χ0v) is 27.0. The Hall–Kier alpha value is -2.94. The molecule has 0 saturated heterocycles. The summed E-state index contributed by atoms with van der Waals surface area (Å²) >= 11 is 0. The molecule has 0 spiro atoms. The highest BCUT2D eigenvalue weighted by Gasteiger charge is 2.38. The van der Waals surface area contributed by atoms with Gasteiger partial charge in [0.15, 0.2) is 0 Å². The first-order valence-electron chi connectivity index (χ1n) is 12.8. The van der Waals surface area contributed by atoms with Gasteiger partial charge < -0.3 is 0 Å². The molecule has 6 aromatic rings. The van der Waals surface area contributed by atoms with Crippen LogP contribution < -0.4 is 0 Å². The van der Waals surface area contributed by atoms with Crippen molar-refractivity contribution in [3.05, 3.63) is 127 Å². The molecule has 0 N–H and O–H groups in total. The molecule has 13 heteroatoms. The summed E-state index contributed by atoms with van der Waals surface area (Å²) in [5.74, 6) is 0. The van der Waals surface area contributed by atoms with Gasteiger partial charge in [-0.05, 0) is 101 Å². The second-order valence-electron chi connectivity index (χ2n) is 9.47. The van der Waals surface area contributed by atoms with Gasteiger partial charge in [0.2, 0.25) is 26.6 Å². The van der Waals surface area contributed by atoms with Gasteiger partial charge in [0.05, 0.1) is 14.7 Å². The second kappa shape index (κ2) is 11.9. The number of hydrogen-bond donors (Lipinski definition) is 0. The monoisotopic (exact) mass is 680 g/mol. The molecular weight excluding hydrogens is 660 g/mol. The summed E-state index contributed by atoms with van der Waals surface area (Å²) in [5.41, 5.74) is 0. The highest BCUT2D eigenvalue weighted by molar-refractivity contribution is 9.15. The maximum absolute atomic E-state index is 13.6. The summed E-state index contributed by atoms with van der Waals surface area (Å²) in [6.07, 6.45) is 0. The van der Waals surface area contributed by atoms with E-state index >= 15 is 0 Å². The fraction of sp³-hybridized carbons (Fsp3) is 0. The molecule has 6 nitrogen and oxygen atoms in total. The first-order chi connectivity index (χ1) is 20.5. The highest BCUT2D eigenvalue weighted by atomic mass is 33.2. The van der Waals surface area contributed by atoms with Gasteiger partial charge >= 0.3 is 4.55 Å². The van der Waals surface area contributed by atoms with Crippen LogP contribution in [0.3, 0.4) is 0 Å². The number of rotatable bonds is 9. The van der Waals surface area contributed by atoms with E-state index < -0.39 is 31.2 Å². The normalized spacial score (nSPS) is 12.6. The minimum Gasteiger partial charge on any atom is -0.213 e. The van der Waals surface area contributed by atoms with Gasteiger partial charge in [-0.2, -0.15) is 0 Å². The smallest absolute Gasteiger partial charge is 0.213 e. The Balaban J connectivity index is 1.37. The fourth-order valence-electron chi connectivity index (χ4n) is 4.49. The molecule has 0 atom stereocenters. The molecule has 0 aliphatic heterocycles. The fourth-order valence-corrected chi connectivity index (χ4v) is 20.2. The Labute approximate surface area is 261 Å². The van der Waals surface area contributed by atoms with Crippen LogP contribution in [0, 0.1) is 0 Å². The standard InChI is InChI=1S/C30H21BO6S6/c32-41(33,28-16-13-22-7-1-4-10-25(22)19-28)38-31(39-42(34,35)29-17-14-23-8-2-5-11-26(23)20-29)40-43(36,37)30-18-15-24-9-3-6-12-27(24)21-30/h1-21H. The summed E-state index contributed by atoms with van der Waals surface area (Å²) in [6.45, 7) is 0. The van der Waals surface area contributed by atoms with Crippen LogP contribution in [0.5, 0.6) is 0 Å². The molecule has 0 aliphatic carbocycles. The maximum Gasteiger partial charge on any atom is 0.393 e. The van der Waals surface area contributed by atoms with E-state index in [1.54, 1.807) is 54.6 Å². The van der Waals surface area contributed by atoms with Crippen molar-refractivity contribution in [1.82, 2.24) is 0 Å². The van der Waals surface area contributed by atoms with E-state index in [2.05, 4.69) is 0 Å². The van der Waals surface area contributed by atoms with Crippen molar-refractivity contribution >= 4 is 95.4 Å². The average Bonchev–Trinajstić information content (AvgIpc) is 2.99. The molecule has 216 valence electrons. The van der Waals surface area contributed by atoms with Crippen LogP contribution in [0.2, 0.25) is 0 Å². The predicted molar refractivity (Wildman–Crippen MR) is 182 cm³/mol. The Morgan fingerprint density at radius 3 is 0.884 bits per heavy atom. The number of fused-ring (bicyclic) bond motifs is 3. The molecule has 43 heavy (non-hydrogen) atoms. The lowest BCUT2D eigenvalue weighted by Crippen LogP contribution is -2.13. The second-order valence-corrected chi connectivity index (χ2v) is 22.2. The highest BCUT2D eigenvalue weighted by Crippen LogP contribution is 2.45. The molecule has 0 unspecified atom stereocenters. The van der Waals surface area contributed by atoms with Crippen molar-refractivity contribution in [2.45, 2.75) is 14.7 Å². The SMILES string of the molecule is O=S(=O)(SB(SS(=O)(=O)c1ccc2ccccc2c1)SS(=O)(=O)c1ccc2ccccc2c1)c1ccc2ccccc2c1. The van der Waals surface area contributed by atoms with Gasteiger partial charge in [0, 0.05) is 0 Å². The molecule has 6 rings (SSSR count). The minimum atomic E-state index is -4.18. The molecule has 0 amide bonds. The van der Waals surface area contributed by atoms with Crippen LogP contribution in [0.25, 0.3) is 32.3 Å². The molecular formula is C30H21BO6S6. The third kappa shape index (κ3) is 6.62. The predicted octanol–water partition coefficient (Wildman–Crippen LogP) is 7.80. The van der Waals surface area contributed by atoms with E-state index in [-0.39, 0.29) is 14.7 Å². The molecule has 0 aromatic heterocycles. The van der Waals surface area contributed by atoms with E-state index in [1.165, 1.54) is 36.4 Å². The largest absolute Gasteiger partial charge is 0.393 e. The van der Waals surface area contributed by atoms with Gasteiger partial charge in [-0.15, -0.1) is 0 Å². The molecule has 0 aliphatic rings. The Morgan fingerprint density at radius 1 is 0.349 bits per heavy atom. The lowest BCUT2D eigenvalue weighted by Gasteiger charge is -2.14. The van der Waals surface area contributed by atoms with E-state index in [9.17, 15) is 25.3 Å². The molecule has 0 bridgehead atoms. The maximum atomic E-state index is 13.6. The molecule has 0 fully saturated rings. The quantitative estimate of drug-likeness (QED) is 0.112. The molecule has 6 aromatic carbocycles.